The van der Waals surface area contributed by atoms with Gasteiger partial charge in [0.05, 0.1) is 26.4 Å². The molecule has 1 N–H and O–H groups in total. The predicted molar refractivity (Wildman–Crippen MR) is 77.9 cm³/mol. The van der Waals surface area contributed by atoms with E-state index in [1.54, 1.807) is 21.3 Å². The number of benzene rings is 1. The molecule has 0 saturated carbocycles. The van der Waals surface area contributed by atoms with Gasteiger partial charge < -0.3 is 19.3 Å². The van der Waals surface area contributed by atoms with Crippen LogP contribution < -0.4 is 9.47 Å². The van der Waals surface area contributed by atoms with Gasteiger partial charge in [-0.25, -0.2) is 0 Å². The molecular formula is C14H21BrO4. The maximum absolute atomic E-state index is 10.3. The molecule has 5 heteroatoms. The van der Waals surface area contributed by atoms with Gasteiger partial charge in [0, 0.05) is 12.7 Å². The number of hydrogen-bond acceptors (Lipinski definition) is 4. The largest absolute Gasteiger partial charge is 0.495 e. The molecule has 0 aliphatic carbocycles. The van der Waals surface area contributed by atoms with Crippen LogP contribution in [0.4, 0.5) is 0 Å². The Morgan fingerprint density at radius 3 is 2.37 bits per heavy atom. The predicted octanol–water partition coefficient (Wildman–Crippen LogP) is 3.31. The van der Waals surface area contributed by atoms with Crippen molar-refractivity contribution in [2.75, 3.05) is 21.3 Å². The molecule has 1 aromatic carbocycles. The maximum atomic E-state index is 10.3. The highest BCUT2D eigenvalue weighted by molar-refractivity contribution is 9.10. The molecule has 4 nitrogen and oxygen atoms in total. The van der Waals surface area contributed by atoms with Crippen molar-refractivity contribution in [2.45, 2.75) is 32.0 Å². The highest BCUT2D eigenvalue weighted by atomic mass is 79.9. The number of ether oxygens (including phenoxy) is 3. The van der Waals surface area contributed by atoms with Crippen molar-refractivity contribution in [3.63, 3.8) is 0 Å². The lowest BCUT2D eigenvalue weighted by molar-refractivity contribution is 0.0843. The number of aliphatic hydroxyl groups is 1. The van der Waals surface area contributed by atoms with Gasteiger partial charge in [-0.05, 0) is 47.8 Å². The summed E-state index contributed by atoms with van der Waals surface area (Å²) in [5.41, 5.74) is 0.749. The van der Waals surface area contributed by atoms with E-state index in [0.29, 0.717) is 22.4 Å². The van der Waals surface area contributed by atoms with Gasteiger partial charge in [0.25, 0.3) is 0 Å². The number of hydrogen-bond donors (Lipinski definition) is 1. The van der Waals surface area contributed by atoms with Crippen LogP contribution in [-0.2, 0) is 4.74 Å². The van der Waals surface area contributed by atoms with Crippen LogP contribution in [0.3, 0.4) is 0 Å². The second kappa shape index (κ2) is 7.72. The first-order chi connectivity index (χ1) is 9.04. The lowest BCUT2D eigenvalue weighted by atomic mass is 10.0. The van der Waals surface area contributed by atoms with Crippen LogP contribution in [0.1, 0.15) is 31.4 Å². The fraction of sp³-hybridized carbons (Fsp3) is 0.571. The van der Waals surface area contributed by atoms with E-state index in [0.717, 1.165) is 12.0 Å². The van der Waals surface area contributed by atoms with Crippen molar-refractivity contribution in [3.05, 3.63) is 22.2 Å². The van der Waals surface area contributed by atoms with Crippen LogP contribution in [0.15, 0.2) is 16.6 Å². The van der Waals surface area contributed by atoms with Gasteiger partial charge in [0.15, 0.2) is 0 Å². The van der Waals surface area contributed by atoms with E-state index in [-0.39, 0.29) is 6.10 Å². The summed E-state index contributed by atoms with van der Waals surface area (Å²) in [6.45, 7) is 1.98. The van der Waals surface area contributed by atoms with Gasteiger partial charge in [-0.2, -0.15) is 0 Å². The van der Waals surface area contributed by atoms with Gasteiger partial charge >= 0.3 is 0 Å². The normalized spacial score (nSPS) is 14.0. The molecule has 19 heavy (non-hydrogen) atoms. The van der Waals surface area contributed by atoms with E-state index < -0.39 is 6.10 Å². The summed E-state index contributed by atoms with van der Waals surface area (Å²) in [6, 6.07) is 3.63. The molecule has 0 aliphatic heterocycles. The molecule has 2 unspecified atom stereocenters. The molecule has 2 atom stereocenters. The smallest absolute Gasteiger partial charge is 0.142 e. The molecule has 1 aromatic rings. The zero-order valence-electron chi connectivity index (χ0n) is 11.8. The molecule has 0 radical (unpaired) electrons. The Morgan fingerprint density at radius 2 is 1.84 bits per heavy atom. The van der Waals surface area contributed by atoms with Gasteiger partial charge in [0.2, 0.25) is 0 Å². The Morgan fingerprint density at radius 1 is 1.16 bits per heavy atom. The van der Waals surface area contributed by atoms with Gasteiger partial charge in [-0.3, -0.25) is 0 Å². The van der Waals surface area contributed by atoms with Crippen molar-refractivity contribution in [3.8, 4) is 11.5 Å². The van der Waals surface area contributed by atoms with Crippen molar-refractivity contribution in [1.82, 2.24) is 0 Å². The third-order valence-corrected chi connectivity index (χ3v) is 3.88. The Kier molecular flexibility index (Phi) is 6.62. The molecule has 0 aliphatic rings. The quantitative estimate of drug-likeness (QED) is 0.832. The molecule has 0 spiro atoms. The molecule has 0 amide bonds. The molecule has 1 rings (SSSR count). The van der Waals surface area contributed by atoms with Crippen molar-refractivity contribution < 1.29 is 19.3 Å². The minimum absolute atomic E-state index is 0.127. The van der Waals surface area contributed by atoms with E-state index in [2.05, 4.69) is 15.9 Å². The van der Waals surface area contributed by atoms with E-state index in [4.69, 9.17) is 14.2 Å². The Balaban J connectivity index is 2.90. The van der Waals surface area contributed by atoms with Crippen molar-refractivity contribution in [2.24, 2.45) is 0 Å². The van der Waals surface area contributed by atoms with E-state index in [9.17, 15) is 5.11 Å². The monoisotopic (exact) mass is 332 g/mol. The van der Waals surface area contributed by atoms with Crippen LogP contribution in [0, 0.1) is 0 Å². The van der Waals surface area contributed by atoms with Crippen molar-refractivity contribution >= 4 is 15.9 Å². The average Bonchev–Trinajstić information content (AvgIpc) is 2.43. The average molecular weight is 333 g/mol. The fourth-order valence-corrected chi connectivity index (χ4v) is 2.53. The highest BCUT2D eigenvalue weighted by Gasteiger charge is 2.19. The third-order valence-electron chi connectivity index (χ3n) is 3.12. The summed E-state index contributed by atoms with van der Waals surface area (Å²) in [6.07, 6.45) is 0.936. The molecule has 0 aromatic heterocycles. The zero-order valence-corrected chi connectivity index (χ0v) is 13.4. The first-order valence-electron chi connectivity index (χ1n) is 6.16. The van der Waals surface area contributed by atoms with E-state index in [1.165, 1.54) is 0 Å². The fourth-order valence-electron chi connectivity index (χ4n) is 1.85. The summed E-state index contributed by atoms with van der Waals surface area (Å²) in [5.74, 6) is 1.29. The molecule has 0 bridgehead atoms. The van der Waals surface area contributed by atoms with Gasteiger partial charge in [-0.1, -0.05) is 0 Å². The lowest BCUT2D eigenvalue weighted by Crippen LogP contribution is -2.09. The van der Waals surface area contributed by atoms with Crippen LogP contribution in [0.2, 0.25) is 0 Å². The van der Waals surface area contributed by atoms with Crippen LogP contribution in [-0.4, -0.2) is 32.5 Å². The number of rotatable bonds is 7. The Bertz CT molecular complexity index is 409. The molecule has 0 fully saturated rings. The highest BCUT2D eigenvalue weighted by Crippen LogP contribution is 2.40. The molecule has 0 saturated heterocycles. The second-order valence-electron chi connectivity index (χ2n) is 4.34. The minimum Gasteiger partial charge on any atom is -0.495 e. The van der Waals surface area contributed by atoms with E-state index >= 15 is 0 Å². The summed E-state index contributed by atoms with van der Waals surface area (Å²) in [7, 11) is 4.84. The van der Waals surface area contributed by atoms with Crippen LogP contribution in [0.25, 0.3) is 0 Å². The van der Waals surface area contributed by atoms with Gasteiger partial charge in [-0.15, -0.1) is 0 Å². The molecule has 0 heterocycles. The Labute approximate surface area is 122 Å². The number of halogens is 1. The standard InChI is InChI=1S/C14H21BrO4/c1-9(17-2)5-7-11(16)10-6-8-12(18-3)13(15)14(10)19-4/h6,8-9,11,16H,5,7H2,1-4H3. The Hall–Kier alpha value is -0.780. The molecular weight excluding hydrogens is 312 g/mol. The maximum Gasteiger partial charge on any atom is 0.142 e. The number of methoxy groups -OCH3 is 3. The summed E-state index contributed by atoms with van der Waals surface area (Å²) in [4.78, 5) is 0. The number of aliphatic hydroxyl groups excluding tert-OH is 1. The summed E-state index contributed by atoms with van der Waals surface area (Å²) >= 11 is 3.43. The van der Waals surface area contributed by atoms with Crippen LogP contribution in [0.5, 0.6) is 11.5 Å². The minimum atomic E-state index is -0.588. The summed E-state index contributed by atoms with van der Waals surface area (Å²) in [5, 5.41) is 10.3. The van der Waals surface area contributed by atoms with E-state index in [1.807, 2.05) is 19.1 Å². The second-order valence-corrected chi connectivity index (χ2v) is 5.14. The zero-order chi connectivity index (χ0) is 14.4. The first kappa shape index (κ1) is 16.3. The van der Waals surface area contributed by atoms with Gasteiger partial charge in [0.1, 0.15) is 16.0 Å². The summed E-state index contributed by atoms with van der Waals surface area (Å²) < 4.78 is 16.5. The topological polar surface area (TPSA) is 47.9 Å². The lowest BCUT2D eigenvalue weighted by Gasteiger charge is -2.18. The SMILES string of the molecule is COc1ccc(C(O)CCC(C)OC)c(OC)c1Br. The van der Waals surface area contributed by atoms with Crippen molar-refractivity contribution in [1.29, 1.82) is 0 Å². The third kappa shape index (κ3) is 4.09. The van der Waals surface area contributed by atoms with Crippen LogP contribution >= 0.6 is 15.9 Å². The molecule has 108 valence electrons. The first-order valence-corrected chi connectivity index (χ1v) is 6.95.